The van der Waals surface area contributed by atoms with Gasteiger partial charge in [-0.05, 0) is 115 Å². The second-order valence-corrected chi connectivity index (χ2v) is 38.0. The molecular formula is C98H165N7O8S2. The molecule has 1 heterocycles. The molecule has 0 radical (unpaired) electrons. The highest BCUT2D eigenvalue weighted by Crippen LogP contribution is 2.43. The molecule has 8 N–H and O–H groups in total. The van der Waals surface area contributed by atoms with Crippen LogP contribution in [0.1, 0.15) is 410 Å². The molecule has 652 valence electrons. The number of rotatable bonds is 54. The molecule has 0 aliphatic rings. The maximum Gasteiger partial charge on any atom is 0.411 e. The number of amides is 3. The smallest absolute Gasteiger partial charge is 0.411 e. The predicted molar refractivity (Wildman–Crippen MR) is 495 cm³/mol. The van der Waals surface area contributed by atoms with Gasteiger partial charge in [-0.2, -0.15) is 15.0 Å². The van der Waals surface area contributed by atoms with Crippen molar-refractivity contribution >= 4 is 70.1 Å². The highest BCUT2D eigenvalue weighted by atomic mass is 32.2. The van der Waals surface area contributed by atoms with Crippen LogP contribution in [0.15, 0.2) is 95.2 Å². The van der Waals surface area contributed by atoms with E-state index in [0.29, 0.717) is 55.4 Å². The van der Waals surface area contributed by atoms with Gasteiger partial charge in [-0.3, -0.25) is 14.9 Å². The van der Waals surface area contributed by atoms with Crippen molar-refractivity contribution < 1.29 is 39.5 Å². The van der Waals surface area contributed by atoms with E-state index in [4.69, 9.17) is 19.7 Å². The van der Waals surface area contributed by atoms with Crippen LogP contribution in [-0.2, 0) is 36.0 Å². The standard InChI is InChI=1S/C33H56N4OS2.C24H41NO2.C23H39NO3.C18H29NO2/c1-9-11-13-15-17-19-21-39-30-35-29(36-31(37-30)40-22-20-18-16-14-12-10-2)34-25-23-26(32(3,4)5)28(38)27(24-25)33(6,7)8;1-2-3-4-5-6-7-8-9-10-11-12-16-19-23(26)20-21-24(27)25-22-17-14-13-15-18-22;1-8-9-10-11-12-13-14-27-21(26)24-17-15-18(22(2,3)4)20(25)19(16-17)23(5,6)7;1-2-3-4-5-6-10-13-17(20)14-15-18(21)19-16-11-8-7-9-12-16/h23-24,38H,9-22H2,1-8H3,(H,34,35,36,37);13-15,17-18,23,26H,2-12,16,19-21H2,1H3,(H,25,27);15-16,25H,8-14H2,1-7H3,(H,24,26);7-9,11-12,17,20H,2-6,10,13-15H2,1H3,(H,19,21). The fourth-order valence-electron chi connectivity index (χ4n) is 13.4. The number of thioether (sulfide) groups is 2. The third-order valence-electron chi connectivity index (χ3n) is 20.5. The number of aromatic nitrogens is 3. The van der Waals surface area contributed by atoms with E-state index in [9.17, 15) is 34.8 Å². The number of phenolic OH excluding ortho intramolecular Hbond substituents is 2. The van der Waals surface area contributed by atoms with Crippen molar-refractivity contribution in [2.24, 2.45) is 0 Å². The number of aliphatic hydroxyl groups is 2. The number of carbonyl (C=O) groups is 3. The highest BCUT2D eigenvalue weighted by molar-refractivity contribution is 7.99. The van der Waals surface area contributed by atoms with E-state index in [1.54, 1.807) is 23.5 Å². The summed E-state index contributed by atoms with van der Waals surface area (Å²) in [6.07, 6.45) is 48.0. The molecule has 0 spiro atoms. The Bertz CT molecular complexity index is 3200. The molecule has 17 heteroatoms. The van der Waals surface area contributed by atoms with Gasteiger partial charge in [-0.15, -0.1) is 0 Å². The molecule has 115 heavy (non-hydrogen) atoms. The lowest BCUT2D eigenvalue weighted by molar-refractivity contribution is -0.117. The van der Waals surface area contributed by atoms with Gasteiger partial charge >= 0.3 is 6.09 Å². The molecule has 15 nitrogen and oxygen atoms in total. The average Bonchev–Trinajstić information content (AvgIpc) is 0.785. The number of benzene rings is 4. The van der Waals surface area contributed by atoms with Crippen LogP contribution in [0.3, 0.4) is 0 Å². The number of nitrogens with one attached hydrogen (secondary N) is 4. The molecule has 3 amide bonds. The van der Waals surface area contributed by atoms with Gasteiger partial charge < -0.3 is 41.1 Å². The molecule has 0 aliphatic carbocycles. The van der Waals surface area contributed by atoms with E-state index in [2.05, 4.69) is 139 Å². The van der Waals surface area contributed by atoms with Gasteiger partial charge in [-0.25, -0.2) is 4.79 Å². The molecule has 2 unspecified atom stereocenters. The first-order valence-corrected chi connectivity index (χ1v) is 47.4. The summed E-state index contributed by atoms with van der Waals surface area (Å²) in [5, 5.41) is 55.4. The van der Waals surface area contributed by atoms with Crippen LogP contribution in [0, 0.1) is 0 Å². The maximum absolute atomic E-state index is 12.2. The van der Waals surface area contributed by atoms with Crippen LogP contribution >= 0.6 is 23.5 Å². The van der Waals surface area contributed by atoms with Crippen LogP contribution in [0.2, 0.25) is 0 Å². The predicted octanol–water partition coefficient (Wildman–Crippen LogP) is 29.1. The van der Waals surface area contributed by atoms with E-state index < -0.39 is 6.09 Å². The third kappa shape index (κ3) is 51.9. The number of phenols is 2. The van der Waals surface area contributed by atoms with E-state index in [1.165, 1.54) is 205 Å². The molecule has 5 aromatic rings. The Labute approximate surface area is 709 Å². The Hall–Kier alpha value is -5.88. The largest absolute Gasteiger partial charge is 0.507 e. The van der Waals surface area contributed by atoms with Gasteiger partial charge in [0.1, 0.15) is 11.5 Å². The second-order valence-electron chi connectivity index (χ2n) is 35.9. The van der Waals surface area contributed by atoms with Crippen molar-refractivity contribution in [3.05, 3.63) is 107 Å². The maximum atomic E-state index is 12.2. The monoisotopic (exact) mass is 1630 g/mol. The van der Waals surface area contributed by atoms with Gasteiger partial charge in [0, 0.05) is 69.4 Å². The van der Waals surface area contributed by atoms with Crippen LogP contribution in [0.25, 0.3) is 0 Å². The zero-order chi connectivity index (χ0) is 85.2. The van der Waals surface area contributed by atoms with Gasteiger partial charge in [0.2, 0.25) is 17.8 Å². The Kier molecular flexibility index (Phi) is 57.0. The second kappa shape index (κ2) is 62.3. The molecule has 0 saturated carbocycles. The molecule has 2 atom stereocenters. The molecule has 1 aromatic heterocycles. The summed E-state index contributed by atoms with van der Waals surface area (Å²) in [4.78, 5) is 50.2. The molecule has 4 aromatic carbocycles. The van der Waals surface area contributed by atoms with Crippen molar-refractivity contribution in [1.82, 2.24) is 15.0 Å². The Morgan fingerprint density at radius 2 is 0.643 bits per heavy atom. The van der Waals surface area contributed by atoms with E-state index in [-0.39, 0.29) is 45.7 Å². The van der Waals surface area contributed by atoms with Crippen LogP contribution < -0.4 is 21.3 Å². The number of para-hydroxylation sites is 2. The lowest BCUT2D eigenvalue weighted by Gasteiger charge is -2.28. The lowest BCUT2D eigenvalue weighted by atomic mass is 9.79. The van der Waals surface area contributed by atoms with E-state index >= 15 is 0 Å². The first-order valence-electron chi connectivity index (χ1n) is 45.4. The summed E-state index contributed by atoms with van der Waals surface area (Å²) in [7, 11) is 0. The summed E-state index contributed by atoms with van der Waals surface area (Å²) in [6.45, 7) is 36.7. The Morgan fingerprint density at radius 1 is 0.357 bits per heavy atom. The van der Waals surface area contributed by atoms with E-state index in [0.717, 1.165) is 99.7 Å². The summed E-state index contributed by atoms with van der Waals surface area (Å²) < 4.78 is 5.32. The van der Waals surface area contributed by atoms with Gasteiger partial charge in [0.25, 0.3) is 0 Å². The van der Waals surface area contributed by atoms with Gasteiger partial charge in [0.05, 0.1) is 18.8 Å². The summed E-state index contributed by atoms with van der Waals surface area (Å²) >= 11 is 3.48. The fourth-order valence-corrected chi connectivity index (χ4v) is 15.1. The van der Waals surface area contributed by atoms with Crippen molar-refractivity contribution in [3.8, 4) is 11.5 Å². The zero-order valence-electron chi connectivity index (χ0n) is 75.6. The highest BCUT2D eigenvalue weighted by Gasteiger charge is 2.29. The van der Waals surface area contributed by atoms with Crippen LogP contribution in [0.4, 0.5) is 33.5 Å². The number of aromatic hydroxyl groups is 2. The number of unbranched alkanes of at least 4 members (excludes halogenated alkanes) is 31. The fraction of sp³-hybridized carbons (Fsp3) is 0.694. The number of hydrogen-bond acceptors (Lipinski definition) is 14. The topological polar surface area (TPSA) is 228 Å². The number of carbonyl (C=O) groups excluding carboxylic acids is 3. The first kappa shape index (κ1) is 105. The minimum absolute atomic E-state index is 0.0186. The zero-order valence-corrected chi connectivity index (χ0v) is 77.3. The summed E-state index contributed by atoms with van der Waals surface area (Å²) in [6, 6.07) is 26.7. The average molecular weight is 1630 g/mol. The SMILES string of the molecule is CCCCCCCCC(O)CCC(=O)Nc1ccccc1.CCCCCCCCCCCCCCC(O)CCC(=O)Nc1ccccc1.CCCCCCCCOC(=O)Nc1cc(C(C)(C)C)c(O)c(C(C)(C)C)c1.CCCCCCCCSc1nc(Nc2cc(C(C)(C)C)c(O)c(C(C)(C)C)c2)nc(SCCCCCCCC)n1. The van der Waals surface area contributed by atoms with Crippen molar-refractivity contribution in [2.45, 2.75) is 432 Å². The van der Waals surface area contributed by atoms with Crippen LogP contribution in [-0.4, -0.2) is 83.6 Å². The summed E-state index contributed by atoms with van der Waals surface area (Å²) in [5.74, 6) is 3.28. The Morgan fingerprint density at radius 3 is 0.957 bits per heavy atom. The lowest BCUT2D eigenvalue weighted by Crippen LogP contribution is -2.20. The quantitative estimate of drug-likeness (QED) is 0.0103. The molecule has 0 saturated heterocycles. The molecule has 0 aliphatic heterocycles. The molecule has 5 rings (SSSR count). The number of anilines is 5. The van der Waals surface area contributed by atoms with E-state index in [1.807, 2.05) is 84.9 Å². The number of ether oxygens (including phenoxy) is 1. The third-order valence-corrected chi connectivity index (χ3v) is 22.4. The normalized spacial score (nSPS) is 12.1. The minimum Gasteiger partial charge on any atom is -0.507 e. The Balaban J connectivity index is 0.000000535. The number of nitrogens with zero attached hydrogens (tertiary/aromatic N) is 3. The number of hydrogen-bond donors (Lipinski definition) is 8. The minimum atomic E-state index is -0.436. The van der Waals surface area contributed by atoms with Crippen molar-refractivity contribution in [2.75, 3.05) is 39.4 Å². The van der Waals surface area contributed by atoms with Crippen molar-refractivity contribution in [3.63, 3.8) is 0 Å². The van der Waals surface area contributed by atoms with Gasteiger partial charge in [0.15, 0.2) is 10.3 Å². The molecular weight excluding hydrogens is 1470 g/mol. The molecule has 0 fully saturated rings. The van der Waals surface area contributed by atoms with Gasteiger partial charge in [-0.1, -0.05) is 390 Å². The summed E-state index contributed by atoms with van der Waals surface area (Å²) in [5.41, 5.74) is 5.82. The van der Waals surface area contributed by atoms with Crippen molar-refractivity contribution in [1.29, 1.82) is 0 Å². The first-order chi connectivity index (χ1) is 54.9. The molecule has 0 bridgehead atoms. The van der Waals surface area contributed by atoms with Crippen LogP contribution in [0.5, 0.6) is 11.5 Å². The number of aliphatic hydroxyl groups excluding tert-OH is 2.